The summed E-state index contributed by atoms with van der Waals surface area (Å²) in [5.41, 5.74) is 0.755. The van der Waals surface area contributed by atoms with Gasteiger partial charge in [-0.1, -0.05) is 13.8 Å². The molecule has 0 atom stereocenters. The minimum Gasteiger partial charge on any atom is -0.436 e. The van der Waals surface area contributed by atoms with E-state index in [0.29, 0.717) is 17.7 Å². The smallest absolute Gasteiger partial charge is 0.289 e. The monoisotopic (exact) mass is 208 g/mol. The summed E-state index contributed by atoms with van der Waals surface area (Å²) in [5, 5.41) is 2.91. The van der Waals surface area contributed by atoms with Gasteiger partial charge in [-0.2, -0.15) is 0 Å². The number of oxazole rings is 1. The highest BCUT2D eigenvalue weighted by molar-refractivity contribution is 5.93. The van der Waals surface area contributed by atoms with Gasteiger partial charge >= 0.3 is 0 Å². The Hall–Kier alpha value is -1.32. The Labute approximate surface area is 89.1 Å². The van der Waals surface area contributed by atoms with Crippen molar-refractivity contribution < 1.29 is 9.21 Å². The van der Waals surface area contributed by atoms with Crippen molar-refractivity contribution >= 4 is 5.91 Å². The van der Waals surface area contributed by atoms with Crippen molar-refractivity contribution in [3.63, 3.8) is 0 Å². The van der Waals surface area contributed by atoms with Crippen LogP contribution in [0.15, 0.2) is 4.42 Å². The topological polar surface area (TPSA) is 55.1 Å². The third-order valence-corrected chi connectivity index (χ3v) is 2.43. The minimum absolute atomic E-state index is 0.123. The van der Waals surface area contributed by atoms with E-state index in [1.807, 2.05) is 13.8 Å². The Bertz CT molecular complexity index is 378. The Morgan fingerprint density at radius 1 is 1.53 bits per heavy atom. The second-order valence-corrected chi connectivity index (χ2v) is 4.35. The lowest BCUT2D eigenvalue weighted by atomic mass is 10.1. The van der Waals surface area contributed by atoms with Gasteiger partial charge in [0.15, 0.2) is 5.89 Å². The highest BCUT2D eigenvalue weighted by atomic mass is 16.4. The van der Waals surface area contributed by atoms with E-state index in [4.69, 9.17) is 4.42 Å². The largest absolute Gasteiger partial charge is 0.436 e. The van der Waals surface area contributed by atoms with E-state index in [1.165, 1.54) is 0 Å². The Kier molecular flexibility index (Phi) is 2.50. The zero-order chi connectivity index (χ0) is 11.0. The maximum Gasteiger partial charge on any atom is 0.289 e. The lowest BCUT2D eigenvalue weighted by molar-refractivity contribution is 0.0920. The Balaban J connectivity index is 2.20. The van der Waals surface area contributed by atoms with Crippen molar-refractivity contribution in [1.82, 2.24) is 10.3 Å². The molecule has 0 unspecified atom stereocenters. The maximum absolute atomic E-state index is 11.8. The van der Waals surface area contributed by atoms with Crippen LogP contribution in [-0.4, -0.2) is 16.9 Å². The molecule has 15 heavy (non-hydrogen) atoms. The first-order chi connectivity index (χ1) is 7.08. The van der Waals surface area contributed by atoms with Crippen LogP contribution in [0, 0.1) is 6.92 Å². The highest BCUT2D eigenvalue weighted by Crippen LogP contribution is 2.23. The molecule has 0 aliphatic heterocycles. The number of hydrogen-bond donors (Lipinski definition) is 1. The number of rotatable bonds is 3. The van der Waals surface area contributed by atoms with Gasteiger partial charge in [0.1, 0.15) is 0 Å². The fourth-order valence-corrected chi connectivity index (χ4v) is 1.48. The molecule has 1 amide bonds. The summed E-state index contributed by atoms with van der Waals surface area (Å²) in [6, 6.07) is 0.350. The predicted octanol–water partition coefficient (Wildman–Crippen LogP) is 2.00. The number of nitrogens with one attached hydrogen (secondary N) is 1. The molecular weight excluding hydrogens is 192 g/mol. The van der Waals surface area contributed by atoms with Crippen LogP contribution in [0.2, 0.25) is 0 Å². The van der Waals surface area contributed by atoms with E-state index in [-0.39, 0.29) is 11.8 Å². The van der Waals surface area contributed by atoms with E-state index >= 15 is 0 Å². The molecule has 82 valence electrons. The highest BCUT2D eigenvalue weighted by Gasteiger charge is 2.28. The van der Waals surface area contributed by atoms with E-state index in [9.17, 15) is 4.79 Å². The van der Waals surface area contributed by atoms with Gasteiger partial charge in [-0.3, -0.25) is 4.79 Å². The fraction of sp³-hybridized carbons (Fsp3) is 0.636. The number of nitrogens with zero attached hydrogens (tertiary/aromatic N) is 1. The quantitative estimate of drug-likeness (QED) is 0.826. The van der Waals surface area contributed by atoms with Crippen LogP contribution in [0.25, 0.3) is 0 Å². The number of aromatic nitrogens is 1. The van der Waals surface area contributed by atoms with Crippen LogP contribution in [0.5, 0.6) is 0 Å². The van der Waals surface area contributed by atoms with Gasteiger partial charge in [0.2, 0.25) is 5.76 Å². The van der Waals surface area contributed by atoms with E-state index in [2.05, 4.69) is 10.3 Å². The standard InChI is InChI=1S/C11H16N2O2/c1-6(2)9-10(15-7(3)12-9)11(14)13-8-4-5-8/h6,8H,4-5H2,1-3H3,(H,13,14). The van der Waals surface area contributed by atoms with Crippen molar-refractivity contribution in [1.29, 1.82) is 0 Å². The normalized spacial score (nSPS) is 15.7. The zero-order valence-corrected chi connectivity index (χ0v) is 9.33. The first kappa shape index (κ1) is 10.2. The third kappa shape index (κ3) is 2.19. The van der Waals surface area contributed by atoms with E-state index in [1.54, 1.807) is 6.92 Å². The summed E-state index contributed by atoms with van der Waals surface area (Å²) in [7, 11) is 0. The van der Waals surface area contributed by atoms with Crippen molar-refractivity contribution in [2.24, 2.45) is 0 Å². The van der Waals surface area contributed by atoms with Crippen LogP contribution in [0.4, 0.5) is 0 Å². The second-order valence-electron chi connectivity index (χ2n) is 4.35. The summed E-state index contributed by atoms with van der Waals surface area (Å²) in [6.07, 6.45) is 2.16. The van der Waals surface area contributed by atoms with Crippen LogP contribution in [0.1, 0.15) is 54.7 Å². The SMILES string of the molecule is Cc1nc(C(C)C)c(C(=O)NC2CC2)o1. The van der Waals surface area contributed by atoms with Crippen molar-refractivity contribution in [2.45, 2.75) is 45.6 Å². The molecule has 1 aliphatic rings. The first-order valence-electron chi connectivity index (χ1n) is 5.36. The minimum atomic E-state index is -0.123. The van der Waals surface area contributed by atoms with Gasteiger partial charge < -0.3 is 9.73 Å². The van der Waals surface area contributed by atoms with Crippen molar-refractivity contribution in [3.8, 4) is 0 Å². The summed E-state index contributed by atoms with van der Waals surface area (Å²) in [6.45, 7) is 5.77. The molecule has 0 bridgehead atoms. The molecule has 1 N–H and O–H groups in total. The molecule has 4 heteroatoms. The van der Waals surface area contributed by atoms with Crippen LogP contribution in [0.3, 0.4) is 0 Å². The molecule has 4 nitrogen and oxygen atoms in total. The predicted molar refractivity (Wildman–Crippen MR) is 55.8 cm³/mol. The van der Waals surface area contributed by atoms with Crippen LogP contribution in [-0.2, 0) is 0 Å². The molecule has 0 spiro atoms. The number of hydrogen-bond acceptors (Lipinski definition) is 3. The van der Waals surface area contributed by atoms with Gasteiger partial charge in [0, 0.05) is 13.0 Å². The van der Waals surface area contributed by atoms with Gasteiger partial charge in [-0.25, -0.2) is 4.98 Å². The Morgan fingerprint density at radius 2 is 2.20 bits per heavy atom. The summed E-state index contributed by atoms with van der Waals surface area (Å²) in [5.74, 6) is 1.03. The molecule has 1 aliphatic carbocycles. The molecule has 0 saturated heterocycles. The molecule has 1 heterocycles. The number of aryl methyl sites for hydroxylation is 1. The second kappa shape index (κ2) is 3.68. The van der Waals surface area contributed by atoms with Gasteiger partial charge in [0.25, 0.3) is 5.91 Å². The van der Waals surface area contributed by atoms with Crippen molar-refractivity contribution in [2.75, 3.05) is 0 Å². The van der Waals surface area contributed by atoms with Gasteiger partial charge in [-0.05, 0) is 18.8 Å². The summed E-state index contributed by atoms with van der Waals surface area (Å²) < 4.78 is 5.34. The van der Waals surface area contributed by atoms with Gasteiger partial charge in [0.05, 0.1) is 5.69 Å². The zero-order valence-electron chi connectivity index (χ0n) is 9.33. The lowest BCUT2D eigenvalue weighted by Crippen LogP contribution is -2.26. The third-order valence-electron chi connectivity index (χ3n) is 2.43. The molecule has 2 rings (SSSR count). The molecule has 1 fully saturated rings. The molecule has 0 radical (unpaired) electrons. The molecule has 1 aromatic rings. The first-order valence-corrected chi connectivity index (χ1v) is 5.36. The fourth-order valence-electron chi connectivity index (χ4n) is 1.48. The van der Waals surface area contributed by atoms with Crippen molar-refractivity contribution in [3.05, 3.63) is 17.3 Å². The van der Waals surface area contributed by atoms with Crippen LogP contribution >= 0.6 is 0 Å². The van der Waals surface area contributed by atoms with E-state index in [0.717, 1.165) is 18.5 Å². The Morgan fingerprint density at radius 3 is 2.73 bits per heavy atom. The van der Waals surface area contributed by atoms with E-state index < -0.39 is 0 Å². The number of carbonyl (C=O) groups excluding carboxylic acids is 1. The molecular formula is C11H16N2O2. The average Bonchev–Trinajstić information content (AvgIpc) is 2.86. The lowest BCUT2D eigenvalue weighted by Gasteiger charge is -2.03. The molecule has 0 aromatic carbocycles. The van der Waals surface area contributed by atoms with Crippen LogP contribution < -0.4 is 5.32 Å². The number of carbonyl (C=O) groups is 1. The molecule has 1 saturated carbocycles. The summed E-state index contributed by atoms with van der Waals surface area (Å²) >= 11 is 0. The average molecular weight is 208 g/mol. The maximum atomic E-state index is 11.8. The number of amides is 1. The molecule has 1 aromatic heterocycles. The van der Waals surface area contributed by atoms with Gasteiger partial charge in [-0.15, -0.1) is 0 Å². The summed E-state index contributed by atoms with van der Waals surface area (Å²) in [4.78, 5) is 16.0.